The average molecular weight is 318 g/mol. The van der Waals surface area contributed by atoms with Crippen molar-refractivity contribution < 1.29 is 23.8 Å². The van der Waals surface area contributed by atoms with Gasteiger partial charge in [-0.2, -0.15) is 0 Å². The summed E-state index contributed by atoms with van der Waals surface area (Å²) in [6.07, 6.45) is 1.69. The molecule has 0 aliphatic heterocycles. The highest BCUT2D eigenvalue weighted by molar-refractivity contribution is 6.46. The van der Waals surface area contributed by atoms with Crippen LogP contribution in [-0.4, -0.2) is 37.6 Å². The maximum Gasteiger partial charge on any atom is 0.298 e. The van der Waals surface area contributed by atoms with Gasteiger partial charge in [-0.05, 0) is 12.1 Å². The van der Waals surface area contributed by atoms with E-state index in [0.717, 1.165) is 0 Å². The van der Waals surface area contributed by atoms with Crippen LogP contribution < -0.4 is 19.5 Å². The molecular weight excluding hydrogens is 300 g/mol. The number of amides is 1. The van der Waals surface area contributed by atoms with Crippen molar-refractivity contribution in [1.29, 1.82) is 0 Å². The quantitative estimate of drug-likeness (QED) is 0.650. The number of ketones is 1. The van der Waals surface area contributed by atoms with Crippen molar-refractivity contribution in [3.05, 3.63) is 36.2 Å². The third-order valence-electron chi connectivity index (χ3n) is 3.31. The van der Waals surface area contributed by atoms with Gasteiger partial charge in [0.1, 0.15) is 0 Å². The van der Waals surface area contributed by atoms with Crippen LogP contribution in [-0.2, 0) is 11.8 Å². The number of carbonyl (C=O) groups is 2. The van der Waals surface area contributed by atoms with Gasteiger partial charge in [-0.1, -0.05) is 0 Å². The van der Waals surface area contributed by atoms with Gasteiger partial charge in [0.25, 0.3) is 11.7 Å². The van der Waals surface area contributed by atoms with Gasteiger partial charge >= 0.3 is 0 Å². The summed E-state index contributed by atoms with van der Waals surface area (Å²) in [4.78, 5) is 24.3. The number of methoxy groups -OCH3 is 3. The molecule has 0 radical (unpaired) electrons. The zero-order chi connectivity index (χ0) is 17.0. The van der Waals surface area contributed by atoms with E-state index in [1.165, 1.54) is 21.3 Å². The Labute approximate surface area is 133 Å². The fourth-order valence-electron chi connectivity index (χ4n) is 2.15. The molecule has 1 amide bonds. The lowest BCUT2D eigenvalue weighted by Gasteiger charge is -2.14. The molecule has 0 aliphatic carbocycles. The SMILES string of the molecule is COc1cc(NC(=O)C(=O)c2cccn2C)cc(OC)c1OC. The van der Waals surface area contributed by atoms with E-state index < -0.39 is 11.7 Å². The van der Waals surface area contributed by atoms with Crippen molar-refractivity contribution in [2.45, 2.75) is 0 Å². The normalized spacial score (nSPS) is 10.1. The smallest absolute Gasteiger partial charge is 0.298 e. The number of benzene rings is 1. The van der Waals surface area contributed by atoms with Crippen molar-refractivity contribution in [2.75, 3.05) is 26.6 Å². The zero-order valence-electron chi connectivity index (χ0n) is 13.4. The molecule has 7 heteroatoms. The average Bonchev–Trinajstić information content (AvgIpc) is 2.98. The molecule has 0 saturated carbocycles. The van der Waals surface area contributed by atoms with Crippen LogP contribution in [0.5, 0.6) is 17.2 Å². The first-order valence-electron chi connectivity index (χ1n) is 6.78. The van der Waals surface area contributed by atoms with Crippen LogP contribution >= 0.6 is 0 Å². The van der Waals surface area contributed by atoms with Crippen LogP contribution in [0.4, 0.5) is 5.69 Å². The second-order valence-electron chi connectivity index (χ2n) is 4.70. The van der Waals surface area contributed by atoms with E-state index in [9.17, 15) is 9.59 Å². The lowest BCUT2D eigenvalue weighted by atomic mass is 10.2. The number of Topliss-reactive ketones (excluding diaryl/α,β-unsaturated/α-hetero) is 1. The molecule has 1 N–H and O–H groups in total. The monoisotopic (exact) mass is 318 g/mol. The van der Waals surface area contributed by atoms with E-state index in [4.69, 9.17) is 14.2 Å². The molecule has 2 rings (SSSR count). The third kappa shape index (κ3) is 3.28. The van der Waals surface area contributed by atoms with Crippen molar-refractivity contribution in [3.63, 3.8) is 0 Å². The minimum absolute atomic E-state index is 0.301. The highest BCUT2D eigenvalue weighted by atomic mass is 16.5. The first kappa shape index (κ1) is 16.4. The van der Waals surface area contributed by atoms with Crippen LogP contribution in [0.2, 0.25) is 0 Å². The minimum atomic E-state index is -0.749. The Morgan fingerprint density at radius 1 is 1.04 bits per heavy atom. The number of ether oxygens (including phenoxy) is 3. The molecule has 0 bridgehead atoms. The summed E-state index contributed by atoms with van der Waals surface area (Å²) >= 11 is 0. The summed E-state index contributed by atoms with van der Waals surface area (Å²) in [5, 5.41) is 2.54. The molecule has 0 atom stereocenters. The topological polar surface area (TPSA) is 78.8 Å². The predicted octanol–water partition coefficient (Wildman–Crippen LogP) is 1.87. The molecule has 1 aromatic heterocycles. The second-order valence-corrected chi connectivity index (χ2v) is 4.70. The molecule has 7 nitrogen and oxygen atoms in total. The molecular formula is C16H18N2O5. The van der Waals surface area contributed by atoms with E-state index in [1.807, 2.05) is 0 Å². The van der Waals surface area contributed by atoms with Crippen LogP contribution in [0.15, 0.2) is 30.5 Å². The fourth-order valence-corrected chi connectivity index (χ4v) is 2.15. The molecule has 1 aromatic carbocycles. The number of hydrogen-bond donors (Lipinski definition) is 1. The molecule has 0 fully saturated rings. The molecule has 122 valence electrons. The lowest BCUT2D eigenvalue weighted by Crippen LogP contribution is -2.24. The number of nitrogens with one attached hydrogen (secondary N) is 1. The Morgan fingerprint density at radius 2 is 1.65 bits per heavy atom. The van der Waals surface area contributed by atoms with E-state index in [2.05, 4.69) is 5.32 Å². The maximum atomic E-state index is 12.1. The summed E-state index contributed by atoms with van der Waals surface area (Å²) in [5.74, 6) is -0.212. The Morgan fingerprint density at radius 3 is 2.09 bits per heavy atom. The minimum Gasteiger partial charge on any atom is -0.493 e. The number of carbonyl (C=O) groups excluding carboxylic acids is 2. The molecule has 0 spiro atoms. The first-order valence-corrected chi connectivity index (χ1v) is 6.78. The molecule has 0 saturated heterocycles. The van der Waals surface area contributed by atoms with Gasteiger partial charge in [0.05, 0.1) is 27.0 Å². The van der Waals surface area contributed by atoms with Crippen LogP contribution in [0.1, 0.15) is 10.5 Å². The van der Waals surface area contributed by atoms with Gasteiger partial charge in [0, 0.05) is 31.1 Å². The van der Waals surface area contributed by atoms with Gasteiger partial charge in [-0.15, -0.1) is 0 Å². The largest absolute Gasteiger partial charge is 0.493 e. The van der Waals surface area contributed by atoms with Gasteiger partial charge in [0.15, 0.2) is 11.5 Å². The van der Waals surface area contributed by atoms with Gasteiger partial charge in [0.2, 0.25) is 5.75 Å². The standard InChI is InChI=1S/C16H18N2O5/c1-18-7-5-6-11(18)14(19)16(20)17-10-8-12(21-2)15(23-4)13(9-10)22-3/h5-9H,1-4H3,(H,17,20). The zero-order valence-corrected chi connectivity index (χ0v) is 13.4. The maximum absolute atomic E-state index is 12.1. The Kier molecular flexibility index (Phi) is 4.90. The summed E-state index contributed by atoms with van der Waals surface area (Å²) < 4.78 is 17.2. The second kappa shape index (κ2) is 6.87. The highest BCUT2D eigenvalue weighted by Gasteiger charge is 2.20. The van der Waals surface area contributed by atoms with Crippen molar-refractivity contribution in [2.24, 2.45) is 7.05 Å². The highest BCUT2D eigenvalue weighted by Crippen LogP contribution is 2.39. The Balaban J connectivity index is 2.27. The number of anilines is 1. The van der Waals surface area contributed by atoms with E-state index in [0.29, 0.717) is 28.6 Å². The van der Waals surface area contributed by atoms with Crippen molar-refractivity contribution in [1.82, 2.24) is 4.57 Å². The van der Waals surface area contributed by atoms with Gasteiger partial charge in [-0.25, -0.2) is 0 Å². The van der Waals surface area contributed by atoms with Crippen molar-refractivity contribution >= 4 is 17.4 Å². The van der Waals surface area contributed by atoms with Crippen LogP contribution in [0, 0.1) is 0 Å². The first-order chi connectivity index (χ1) is 11.0. The molecule has 0 unspecified atom stereocenters. The van der Waals surface area contributed by atoms with Gasteiger partial charge < -0.3 is 24.1 Å². The molecule has 2 aromatic rings. The van der Waals surface area contributed by atoms with E-state index >= 15 is 0 Å². The number of aryl methyl sites for hydroxylation is 1. The molecule has 1 heterocycles. The molecule has 0 aliphatic rings. The summed E-state index contributed by atoms with van der Waals surface area (Å²) in [6.45, 7) is 0. The van der Waals surface area contributed by atoms with Crippen molar-refractivity contribution in [3.8, 4) is 17.2 Å². The third-order valence-corrected chi connectivity index (χ3v) is 3.31. The summed E-state index contributed by atoms with van der Waals surface area (Å²) in [7, 11) is 6.12. The predicted molar refractivity (Wildman–Crippen MR) is 84.5 cm³/mol. The lowest BCUT2D eigenvalue weighted by molar-refractivity contribution is -0.112. The van der Waals surface area contributed by atoms with Crippen LogP contribution in [0.3, 0.4) is 0 Å². The summed E-state index contributed by atoms with van der Waals surface area (Å²) in [6, 6.07) is 6.38. The van der Waals surface area contributed by atoms with Gasteiger partial charge in [-0.3, -0.25) is 9.59 Å². The Bertz CT molecular complexity index is 711. The van der Waals surface area contributed by atoms with E-state index in [-0.39, 0.29) is 0 Å². The fraction of sp³-hybridized carbons (Fsp3) is 0.250. The number of rotatable bonds is 6. The van der Waals surface area contributed by atoms with Crippen LogP contribution in [0.25, 0.3) is 0 Å². The summed E-state index contributed by atoms with van der Waals surface area (Å²) in [5.41, 5.74) is 0.669. The Hall–Kier alpha value is -2.96. The number of nitrogens with zero attached hydrogens (tertiary/aromatic N) is 1. The molecule has 23 heavy (non-hydrogen) atoms. The number of hydrogen-bond acceptors (Lipinski definition) is 5. The van der Waals surface area contributed by atoms with E-state index in [1.54, 1.807) is 42.1 Å². The number of aromatic nitrogens is 1.